The first-order valence-corrected chi connectivity index (χ1v) is 9.10. The maximum absolute atomic E-state index is 12.4. The van der Waals surface area contributed by atoms with Gasteiger partial charge in [0.25, 0.3) is 0 Å². The predicted octanol–water partition coefficient (Wildman–Crippen LogP) is 3.51. The molecular formula is C16H29NO2S. The molecule has 0 amide bonds. The summed E-state index contributed by atoms with van der Waals surface area (Å²) in [6, 6.07) is 0.314. The van der Waals surface area contributed by atoms with Gasteiger partial charge in [-0.05, 0) is 52.9 Å². The van der Waals surface area contributed by atoms with E-state index in [1.54, 1.807) is 0 Å². The number of hydrogen-bond donors (Lipinski definition) is 1. The summed E-state index contributed by atoms with van der Waals surface area (Å²) in [4.78, 5) is 12.4. The van der Waals surface area contributed by atoms with Crippen LogP contribution in [0.4, 0.5) is 0 Å². The molecule has 2 saturated carbocycles. The van der Waals surface area contributed by atoms with E-state index >= 15 is 0 Å². The summed E-state index contributed by atoms with van der Waals surface area (Å²) in [7, 11) is 0. The lowest BCUT2D eigenvalue weighted by Gasteiger charge is -2.30. The molecule has 2 aliphatic rings. The van der Waals surface area contributed by atoms with Crippen LogP contribution in [0.3, 0.4) is 0 Å². The van der Waals surface area contributed by atoms with E-state index in [1.807, 2.05) is 6.92 Å². The fourth-order valence-corrected chi connectivity index (χ4v) is 5.39. The Balaban J connectivity index is 1.96. The first-order valence-electron chi connectivity index (χ1n) is 8.16. The van der Waals surface area contributed by atoms with Gasteiger partial charge in [-0.3, -0.25) is 10.1 Å². The van der Waals surface area contributed by atoms with Gasteiger partial charge < -0.3 is 4.74 Å². The Morgan fingerprint density at radius 3 is 2.60 bits per heavy atom. The molecule has 116 valence electrons. The number of thioether (sulfide) groups is 1. The molecule has 0 aromatic carbocycles. The molecule has 2 unspecified atom stereocenters. The van der Waals surface area contributed by atoms with Crippen LogP contribution in [-0.4, -0.2) is 34.7 Å². The molecule has 20 heavy (non-hydrogen) atoms. The molecule has 2 fully saturated rings. The van der Waals surface area contributed by atoms with E-state index in [-0.39, 0.29) is 5.97 Å². The Morgan fingerprint density at radius 1 is 1.30 bits per heavy atom. The number of carbonyl (C=O) groups excluding carboxylic acids is 1. The molecule has 0 aromatic heterocycles. The van der Waals surface area contributed by atoms with Gasteiger partial charge in [0.05, 0.1) is 6.61 Å². The van der Waals surface area contributed by atoms with E-state index < -0.39 is 5.54 Å². The van der Waals surface area contributed by atoms with Crippen molar-refractivity contribution in [1.29, 1.82) is 0 Å². The zero-order valence-electron chi connectivity index (χ0n) is 13.1. The molecule has 2 rings (SSSR count). The summed E-state index contributed by atoms with van der Waals surface area (Å²) < 4.78 is 5.34. The van der Waals surface area contributed by atoms with Crippen molar-refractivity contribution in [2.45, 2.75) is 87.8 Å². The Bertz CT molecular complexity index is 328. The van der Waals surface area contributed by atoms with E-state index in [9.17, 15) is 4.79 Å². The largest absolute Gasteiger partial charge is 0.465 e. The predicted molar refractivity (Wildman–Crippen MR) is 85.1 cm³/mol. The zero-order valence-corrected chi connectivity index (χ0v) is 13.9. The fourth-order valence-electron chi connectivity index (χ4n) is 3.61. The van der Waals surface area contributed by atoms with Gasteiger partial charge in [0.15, 0.2) is 0 Å². The summed E-state index contributed by atoms with van der Waals surface area (Å²) in [5.74, 6) is -0.0387. The molecule has 0 spiro atoms. The lowest BCUT2D eigenvalue weighted by atomic mass is 9.96. The second-order valence-corrected chi connectivity index (χ2v) is 8.11. The van der Waals surface area contributed by atoms with E-state index in [0.29, 0.717) is 17.9 Å². The van der Waals surface area contributed by atoms with Gasteiger partial charge in [0.2, 0.25) is 0 Å². The van der Waals surface area contributed by atoms with Gasteiger partial charge in [-0.25, -0.2) is 0 Å². The van der Waals surface area contributed by atoms with Crippen LogP contribution in [0.5, 0.6) is 0 Å². The third-order valence-electron chi connectivity index (χ3n) is 4.39. The van der Waals surface area contributed by atoms with Crippen molar-refractivity contribution in [2.75, 3.05) is 6.61 Å². The lowest BCUT2D eigenvalue weighted by molar-refractivity contribution is -0.151. The maximum Gasteiger partial charge on any atom is 0.326 e. The smallest absolute Gasteiger partial charge is 0.326 e. The summed E-state index contributed by atoms with van der Waals surface area (Å²) >= 11 is 2.13. The molecule has 2 aliphatic carbocycles. The summed E-state index contributed by atoms with van der Waals surface area (Å²) in [6.45, 7) is 6.58. The van der Waals surface area contributed by atoms with Crippen LogP contribution < -0.4 is 5.32 Å². The van der Waals surface area contributed by atoms with E-state index in [2.05, 4.69) is 30.9 Å². The highest BCUT2D eigenvalue weighted by molar-refractivity contribution is 8.00. The zero-order chi connectivity index (χ0) is 14.6. The lowest BCUT2D eigenvalue weighted by Crippen LogP contribution is -2.54. The standard InChI is InChI=1S/C16H29NO2S/c1-4-19-15(18)16(17-12(2)3)10-9-14(11-16)20-13-7-5-6-8-13/h12-14,17H,4-11H2,1-3H3. The topological polar surface area (TPSA) is 38.3 Å². The van der Waals surface area contributed by atoms with Crippen LogP contribution in [0, 0.1) is 0 Å². The Hall–Kier alpha value is -0.220. The number of carbonyl (C=O) groups is 1. The van der Waals surface area contributed by atoms with Gasteiger partial charge in [0, 0.05) is 16.5 Å². The van der Waals surface area contributed by atoms with Crippen molar-refractivity contribution >= 4 is 17.7 Å². The average molecular weight is 299 g/mol. The molecule has 0 aromatic rings. The number of ether oxygens (including phenoxy) is 1. The second kappa shape index (κ2) is 7.17. The molecule has 0 heterocycles. The van der Waals surface area contributed by atoms with Crippen LogP contribution in [0.15, 0.2) is 0 Å². The minimum Gasteiger partial charge on any atom is -0.465 e. The Kier molecular flexibility index (Phi) is 5.79. The quantitative estimate of drug-likeness (QED) is 0.762. The van der Waals surface area contributed by atoms with Crippen molar-refractivity contribution in [3.63, 3.8) is 0 Å². The Morgan fingerprint density at radius 2 is 2.00 bits per heavy atom. The number of rotatable bonds is 6. The fraction of sp³-hybridized carbons (Fsp3) is 0.938. The first-order chi connectivity index (χ1) is 9.55. The van der Waals surface area contributed by atoms with Gasteiger partial charge in [-0.1, -0.05) is 12.8 Å². The number of esters is 1. The van der Waals surface area contributed by atoms with E-state index in [4.69, 9.17) is 4.74 Å². The van der Waals surface area contributed by atoms with Crippen molar-refractivity contribution in [3.05, 3.63) is 0 Å². The van der Waals surface area contributed by atoms with Gasteiger partial charge >= 0.3 is 5.97 Å². The van der Waals surface area contributed by atoms with Crippen LogP contribution in [0.2, 0.25) is 0 Å². The third kappa shape index (κ3) is 3.91. The van der Waals surface area contributed by atoms with E-state index in [0.717, 1.165) is 24.5 Å². The molecular weight excluding hydrogens is 270 g/mol. The Labute approximate surface area is 127 Å². The maximum atomic E-state index is 12.4. The highest BCUT2D eigenvalue weighted by Gasteiger charge is 2.47. The third-order valence-corrected chi connectivity index (χ3v) is 6.03. The minimum absolute atomic E-state index is 0.0387. The number of nitrogens with one attached hydrogen (secondary N) is 1. The minimum atomic E-state index is -0.430. The van der Waals surface area contributed by atoms with E-state index in [1.165, 1.54) is 25.7 Å². The van der Waals surface area contributed by atoms with Gasteiger partial charge in [-0.2, -0.15) is 11.8 Å². The SMILES string of the molecule is CCOC(=O)C1(NC(C)C)CCC(SC2CCCC2)C1. The summed E-state index contributed by atoms with van der Waals surface area (Å²) in [5.41, 5.74) is -0.430. The molecule has 0 bridgehead atoms. The van der Waals surface area contributed by atoms with Crippen molar-refractivity contribution in [2.24, 2.45) is 0 Å². The number of hydrogen-bond acceptors (Lipinski definition) is 4. The van der Waals surface area contributed by atoms with Crippen LogP contribution in [-0.2, 0) is 9.53 Å². The molecule has 1 N–H and O–H groups in total. The average Bonchev–Trinajstić information content (AvgIpc) is 3.00. The summed E-state index contributed by atoms with van der Waals surface area (Å²) in [5, 5.41) is 4.96. The molecule has 4 heteroatoms. The first kappa shape index (κ1) is 16.2. The van der Waals surface area contributed by atoms with Gasteiger partial charge in [-0.15, -0.1) is 0 Å². The van der Waals surface area contributed by atoms with Crippen molar-refractivity contribution in [3.8, 4) is 0 Å². The van der Waals surface area contributed by atoms with Crippen LogP contribution >= 0.6 is 11.8 Å². The normalized spacial score (nSPS) is 31.1. The van der Waals surface area contributed by atoms with Crippen LogP contribution in [0.25, 0.3) is 0 Å². The molecule has 0 aliphatic heterocycles. The highest BCUT2D eigenvalue weighted by atomic mass is 32.2. The summed E-state index contributed by atoms with van der Waals surface area (Å²) in [6.07, 6.45) is 8.50. The molecule has 0 radical (unpaired) electrons. The monoisotopic (exact) mass is 299 g/mol. The second-order valence-electron chi connectivity index (χ2n) is 6.51. The molecule has 3 nitrogen and oxygen atoms in total. The van der Waals surface area contributed by atoms with Crippen LogP contribution in [0.1, 0.15) is 65.7 Å². The van der Waals surface area contributed by atoms with Crippen molar-refractivity contribution < 1.29 is 9.53 Å². The molecule has 2 atom stereocenters. The van der Waals surface area contributed by atoms with Gasteiger partial charge in [0.1, 0.15) is 5.54 Å². The highest BCUT2D eigenvalue weighted by Crippen LogP contribution is 2.43. The molecule has 0 saturated heterocycles. The van der Waals surface area contributed by atoms with Crippen molar-refractivity contribution in [1.82, 2.24) is 5.32 Å².